The Hall–Kier alpha value is -2.18. The lowest BCUT2D eigenvalue weighted by molar-refractivity contribution is -0.141. The fourth-order valence-electron chi connectivity index (χ4n) is 1.64. The summed E-state index contributed by atoms with van der Waals surface area (Å²) < 4.78 is 4.92. The summed E-state index contributed by atoms with van der Waals surface area (Å²) in [5.74, 6) is -1.45. The smallest absolute Gasteiger partial charge is 0.308 e. The fourth-order valence-corrected chi connectivity index (χ4v) is 1.64. The van der Waals surface area contributed by atoms with E-state index in [0.717, 1.165) is 0 Å². The first-order chi connectivity index (χ1) is 8.11. The van der Waals surface area contributed by atoms with Crippen molar-refractivity contribution in [2.24, 2.45) is 5.92 Å². The number of hydrogen-bond acceptors (Lipinski definition) is 5. The van der Waals surface area contributed by atoms with Crippen molar-refractivity contribution < 1.29 is 19.4 Å². The molecule has 1 aliphatic rings. The molecule has 0 aromatic carbocycles. The molecule has 1 unspecified atom stereocenters. The van der Waals surface area contributed by atoms with E-state index in [4.69, 9.17) is 9.84 Å². The van der Waals surface area contributed by atoms with Gasteiger partial charge in [-0.3, -0.25) is 14.5 Å². The lowest BCUT2D eigenvalue weighted by Gasteiger charge is -2.13. The molecule has 0 radical (unpaired) electrons. The van der Waals surface area contributed by atoms with E-state index in [1.807, 2.05) is 0 Å². The summed E-state index contributed by atoms with van der Waals surface area (Å²) in [4.78, 5) is 31.6. The highest BCUT2D eigenvalue weighted by Crippen LogP contribution is 2.23. The molecule has 1 N–H and O–H groups in total. The molecule has 2 heterocycles. The van der Waals surface area contributed by atoms with E-state index in [2.05, 4.69) is 9.97 Å². The van der Waals surface area contributed by atoms with Crippen LogP contribution in [-0.4, -0.2) is 40.6 Å². The monoisotopic (exact) mass is 237 g/mol. The molecule has 1 fully saturated rings. The maximum absolute atomic E-state index is 11.6. The number of carboxylic acids is 1. The SMILES string of the molecule is COc1ccnc(N2CC(C(=O)O)CC2=O)n1. The third-order valence-electron chi connectivity index (χ3n) is 2.54. The van der Waals surface area contributed by atoms with Crippen molar-refractivity contribution in [1.82, 2.24) is 9.97 Å². The second-order valence-electron chi connectivity index (χ2n) is 3.64. The number of carboxylic acid groups (broad SMARTS) is 1. The van der Waals surface area contributed by atoms with E-state index in [-0.39, 0.29) is 24.8 Å². The lowest BCUT2D eigenvalue weighted by Crippen LogP contribution is -2.27. The van der Waals surface area contributed by atoms with Gasteiger partial charge in [0.15, 0.2) is 0 Å². The summed E-state index contributed by atoms with van der Waals surface area (Å²) in [6, 6.07) is 1.55. The van der Waals surface area contributed by atoms with Crippen LogP contribution >= 0.6 is 0 Å². The number of carbonyl (C=O) groups is 2. The molecule has 90 valence electrons. The summed E-state index contributed by atoms with van der Waals surface area (Å²) in [7, 11) is 1.46. The summed E-state index contributed by atoms with van der Waals surface area (Å²) in [6.45, 7) is 0.0985. The minimum absolute atomic E-state index is 0.0180. The summed E-state index contributed by atoms with van der Waals surface area (Å²) in [5, 5.41) is 8.85. The minimum atomic E-state index is -0.983. The first-order valence-corrected chi connectivity index (χ1v) is 5.02. The van der Waals surface area contributed by atoms with Crippen molar-refractivity contribution >= 4 is 17.8 Å². The Kier molecular flexibility index (Phi) is 2.90. The number of rotatable bonds is 3. The van der Waals surface area contributed by atoms with E-state index in [0.29, 0.717) is 5.88 Å². The normalized spacial score (nSPS) is 19.5. The topological polar surface area (TPSA) is 92.6 Å². The molecule has 1 saturated heterocycles. The second kappa shape index (κ2) is 4.36. The Labute approximate surface area is 97.0 Å². The zero-order chi connectivity index (χ0) is 12.4. The lowest BCUT2D eigenvalue weighted by atomic mass is 10.1. The number of anilines is 1. The highest BCUT2D eigenvalue weighted by atomic mass is 16.5. The van der Waals surface area contributed by atoms with E-state index in [9.17, 15) is 9.59 Å². The van der Waals surface area contributed by atoms with Gasteiger partial charge in [0.25, 0.3) is 0 Å². The predicted molar refractivity (Wildman–Crippen MR) is 56.7 cm³/mol. The summed E-state index contributed by atoms with van der Waals surface area (Å²) in [6.07, 6.45) is 1.44. The highest BCUT2D eigenvalue weighted by molar-refractivity contribution is 5.97. The van der Waals surface area contributed by atoms with Gasteiger partial charge in [-0.25, -0.2) is 4.98 Å². The molecule has 0 aliphatic carbocycles. The fraction of sp³-hybridized carbons (Fsp3) is 0.400. The van der Waals surface area contributed by atoms with Crippen LogP contribution in [0.3, 0.4) is 0 Å². The van der Waals surface area contributed by atoms with Crippen molar-refractivity contribution in [2.45, 2.75) is 6.42 Å². The third kappa shape index (κ3) is 2.17. The van der Waals surface area contributed by atoms with Gasteiger partial charge in [0.1, 0.15) is 0 Å². The van der Waals surface area contributed by atoms with Crippen LogP contribution < -0.4 is 9.64 Å². The molecule has 1 aromatic heterocycles. The van der Waals surface area contributed by atoms with Crippen molar-refractivity contribution in [3.05, 3.63) is 12.3 Å². The van der Waals surface area contributed by atoms with Crippen LogP contribution in [0.2, 0.25) is 0 Å². The Morgan fingerprint density at radius 1 is 1.65 bits per heavy atom. The number of carbonyl (C=O) groups excluding carboxylic acids is 1. The average Bonchev–Trinajstić information content (AvgIpc) is 2.72. The zero-order valence-electron chi connectivity index (χ0n) is 9.16. The third-order valence-corrected chi connectivity index (χ3v) is 2.54. The van der Waals surface area contributed by atoms with Crippen LogP contribution in [0.1, 0.15) is 6.42 Å². The quantitative estimate of drug-likeness (QED) is 0.790. The molecule has 0 bridgehead atoms. The van der Waals surface area contributed by atoms with E-state index in [1.165, 1.54) is 18.2 Å². The van der Waals surface area contributed by atoms with E-state index >= 15 is 0 Å². The van der Waals surface area contributed by atoms with Crippen molar-refractivity contribution in [1.29, 1.82) is 0 Å². The first-order valence-electron chi connectivity index (χ1n) is 5.02. The number of aromatic nitrogens is 2. The van der Waals surface area contributed by atoms with Gasteiger partial charge in [-0.2, -0.15) is 4.98 Å². The summed E-state index contributed by atoms with van der Waals surface area (Å²) >= 11 is 0. The molecule has 1 amide bonds. The number of amides is 1. The molecule has 17 heavy (non-hydrogen) atoms. The molecule has 7 nitrogen and oxygen atoms in total. The van der Waals surface area contributed by atoms with E-state index < -0.39 is 11.9 Å². The van der Waals surface area contributed by atoms with E-state index in [1.54, 1.807) is 6.07 Å². The molecule has 0 spiro atoms. The maximum atomic E-state index is 11.6. The van der Waals surface area contributed by atoms with Crippen LogP contribution in [0.15, 0.2) is 12.3 Å². The second-order valence-corrected chi connectivity index (χ2v) is 3.64. The van der Waals surface area contributed by atoms with Crippen LogP contribution in [0.5, 0.6) is 5.88 Å². The Balaban J connectivity index is 2.22. The molecule has 1 atom stereocenters. The Morgan fingerprint density at radius 2 is 2.41 bits per heavy atom. The average molecular weight is 237 g/mol. The van der Waals surface area contributed by atoms with Crippen LogP contribution in [0.4, 0.5) is 5.95 Å². The minimum Gasteiger partial charge on any atom is -0.481 e. The van der Waals surface area contributed by atoms with Gasteiger partial charge in [0.05, 0.1) is 13.0 Å². The van der Waals surface area contributed by atoms with Gasteiger partial charge >= 0.3 is 5.97 Å². The molecular weight excluding hydrogens is 226 g/mol. The molecule has 1 aromatic rings. The number of ether oxygens (including phenoxy) is 1. The van der Waals surface area contributed by atoms with Gasteiger partial charge < -0.3 is 9.84 Å². The molecule has 1 aliphatic heterocycles. The number of nitrogens with zero attached hydrogens (tertiary/aromatic N) is 3. The maximum Gasteiger partial charge on any atom is 0.308 e. The van der Waals surface area contributed by atoms with Crippen molar-refractivity contribution in [3.63, 3.8) is 0 Å². The molecule has 7 heteroatoms. The Bertz CT molecular complexity index is 463. The Morgan fingerprint density at radius 3 is 3.00 bits per heavy atom. The summed E-state index contributed by atoms with van der Waals surface area (Å²) in [5.41, 5.74) is 0. The van der Waals surface area contributed by atoms with Gasteiger partial charge in [0.2, 0.25) is 17.7 Å². The molecular formula is C10H11N3O4. The molecule has 2 rings (SSSR count). The van der Waals surface area contributed by atoms with Crippen LogP contribution in [0, 0.1) is 5.92 Å². The molecule has 0 saturated carbocycles. The van der Waals surface area contributed by atoms with Gasteiger partial charge in [-0.15, -0.1) is 0 Å². The van der Waals surface area contributed by atoms with Crippen molar-refractivity contribution in [2.75, 3.05) is 18.6 Å². The number of aliphatic carboxylic acids is 1. The first kappa shape index (κ1) is 11.3. The highest BCUT2D eigenvalue weighted by Gasteiger charge is 2.36. The van der Waals surface area contributed by atoms with Crippen LogP contribution in [0.25, 0.3) is 0 Å². The zero-order valence-corrected chi connectivity index (χ0v) is 9.16. The van der Waals surface area contributed by atoms with Crippen molar-refractivity contribution in [3.8, 4) is 5.88 Å². The largest absolute Gasteiger partial charge is 0.481 e. The number of methoxy groups -OCH3 is 1. The number of hydrogen-bond donors (Lipinski definition) is 1. The predicted octanol–water partition coefficient (Wildman–Crippen LogP) is -0.0773. The van der Waals surface area contributed by atoms with Gasteiger partial charge in [0, 0.05) is 25.2 Å². The van der Waals surface area contributed by atoms with Gasteiger partial charge in [-0.1, -0.05) is 0 Å². The standard InChI is InChI=1S/C10H11N3O4/c1-17-7-2-3-11-10(12-7)13-5-6(9(15)16)4-8(13)14/h2-3,6H,4-5H2,1H3,(H,15,16). The van der Waals surface area contributed by atoms with Crippen LogP contribution in [-0.2, 0) is 9.59 Å². The van der Waals surface area contributed by atoms with Gasteiger partial charge in [-0.05, 0) is 0 Å².